The molecule has 3 N–H and O–H groups in total. The number of nitrogens with zero attached hydrogens (tertiary/aromatic N) is 1. The van der Waals surface area contributed by atoms with Gasteiger partial charge in [0.25, 0.3) is 5.91 Å². The third-order valence-corrected chi connectivity index (χ3v) is 6.49. The van der Waals surface area contributed by atoms with E-state index in [1.54, 1.807) is 4.90 Å². The van der Waals surface area contributed by atoms with Crippen molar-refractivity contribution in [2.24, 2.45) is 0 Å². The first-order valence-corrected chi connectivity index (χ1v) is 10.2. The van der Waals surface area contributed by atoms with Crippen molar-refractivity contribution in [3.8, 4) is 0 Å². The molecule has 1 aromatic carbocycles. The Balaban J connectivity index is 1.45. The lowest BCUT2D eigenvalue weighted by molar-refractivity contribution is -0.136. The van der Waals surface area contributed by atoms with Gasteiger partial charge in [0.05, 0.1) is 0 Å². The largest absolute Gasteiger partial charge is 0.322 e. The van der Waals surface area contributed by atoms with Gasteiger partial charge < -0.3 is 15.5 Å². The number of piperidine rings is 2. The van der Waals surface area contributed by atoms with E-state index >= 15 is 0 Å². The molecule has 7 nitrogen and oxygen atoms in total. The zero-order valence-electron chi connectivity index (χ0n) is 16.3. The first-order valence-electron chi connectivity index (χ1n) is 10.2. The quantitative estimate of drug-likeness (QED) is 0.661. The summed E-state index contributed by atoms with van der Waals surface area (Å²) in [6, 6.07) is 5.40. The van der Waals surface area contributed by atoms with Crippen molar-refractivity contribution in [1.82, 2.24) is 20.9 Å². The van der Waals surface area contributed by atoms with Gasteiger partial charge in [-0.25, -0.2) is 0 Å². The molecular weight excluding hydrogens is 356 g/mol. The van der Waals surface area contributed by atoms with E-state index in [0.29, 0.717) is 18.5 Å². The minimum absolute atomic E-state index is 0.118. The number of amides is 3. The van der Waals surface area contributed by atoms with Crippen molar-refractivity contribution in [1.29, 1.82) is 0 Å². The minimum Gasteiger partial charge on any atom is -0.322 e. The smallest absolute Gasteiger partial charge is 0.255 e. The molecule has 1 atom stereocenters. The highest BCUT2D eigenvalue weighted by Gasteiger charge is 2.39. The van der Waals surface area contributed by atoms with E-state index in [1.807, 2.05) is 12.1 Å². The molecule has 7 heteroatoms. The van der Waals surface area contributed by atoms with Crippen LogP contribution in [-0.4, -0.2) is 47.3 Å². The normalized spacial score (nSPS) is 24.2. The second-order valence-corrected chi connectivity index (χ2v) is 8.13. The van der Waals surface area contributed by atoms with E-state index in [1.165, 1.54) is 0 Å². The Kier molecular flexibility index (Phi) is 5.21. The number of carbonyl (C=O) groups is 3. The van der Waals surface area contributed by atoms with Gasteiger partial charge in [-0.15, -0.1) is 0 Å². The van der Waals surface area contributed by atoms with Gasteiger partial charge in [-0.2, -0.15) is 0 Å². The van der Waals surface area contributed by atoms with E-state index in [0.717, 1.165) is 50.0 Å². The molecule has 3 amide bonds. The van der Waals surface area contributed by atoms with Crippen LogP contribution in [0.3, 0.4) is 0 Å². The van der Waals surface area contributed by atoms with Crippen LogP contribution in [0.15, 0.2) is 18.2 Å². The maximum Gasteiger partial charge on any atom is 0.255 e. The molecule has 0 bridgehead atoms. The van der Waals surface area contributed by atoms with Gasteiger partial charge in [0, 0.05) is 30.6 Å². The van der Waals surface area contributed by atoms with Gasteiger partial charge in [-0.3, -0.25) is 19.7 Å². The van der Waals surface area contributed by atoms with Crippen molar-refractivity contribution in [3.63, 3.8) is 0 Å². The lowest BCUT2D eigenvalue weighted by atomic mass is 9.85. The zero-order valence-corrected chi connectivity index (χ0v) is 16.3. The Morgan fingerprint density at radius 2 is 2.00 bits per heavy atom. The summed E-state index contributed by atoms with van der Waals surface area (Å²) in [4.78, 5) is 37.9. The molecule has 3 aliphatic heterocycles. The zero-order chi connectivity index (χ0) is 19.7. The van der Waals surface area contributed by atoms with Crippen LogP contribution in [0.4, 0.5) is 0 Å². The average Bonchev–Trinajstić information content (AvgIpc) is 3.03. The molecule has 1 unspecified atom stereocenters. The van der Waals surface area contributed by atoms with E-state index in [4.69, 9.17) is 0 Å². The number of rotatable bonds is 5. The fraction of sp³-hybridized carbons (Fsp3) is 0.571. The van der Waals surface area contributed by atoms with Crippen LogP contribution in [0.1, 0.15) is 60.5 Å². The third-order valence-electron chi connectivity index (χ3n) is 6.49. The molecule has 0 spiro atoms. The number of fused-ring (bicyclic) bond motifs is 1. The van der Waals surface area contributed by atoms with Gasteiger partial charge in [0.1, 0.15) is 6.04 Å². The third kappa shape index (κ3) is 3.56. The van der Waals surface area contributed by atoms with Crippen LogP contribution >= 0.6 is 0 Å². The molecule has 28 heavy (non-hydrogen) atoms. The standard InChI is InChI=1S/C21H28N4O3/c1-2-21(7-9-22-10-8-21)23-12-14-3-4-16-15(11-14)13-25(20(16)28)17-5-6-18(26)24-19(17)27/h3-4,11,17,22-23H,2,5-10,12-13H2,1H3,(H,24,26,27). The van der Waals surface area contributed by atoms with Crippen molar-refractivity contribution < 1.29 is 14.4 Å². The van der Waals surface area contributed by atoms with Crippen LogP contribution in [0, 0.1) is 0 Å². The Bertz CT molecular complexity index is 801. The first-order chi connectivity index (χ1) is 13.5. The highest BCUT2D eigenvalue weighted by Crippen LogP contribution is 2.29. The van der Waals surface area contributed by atoms with Crippen molar-refractivity contribution in [2.45, 2.75) is 63.7 Å². The molecular formula is C21H28N4O3. The number of imide groups is 1. The average molecular weight is 384 g/mol. The Labute approximate surface area is 165 Å². The van der Waals surface area contributed by atoms with Crippen molar-refractivity contribution in [2.75, 3.05) is 13.1 Å². The van der Waals surface area contributed by atoms with Gasteiger partial charge in [0.2, 0.25) is 11.8 Å². The van der Waals surface area contributed by atoms with Gasteiger partial charge >= 0.3 is 0 Å². The number of hydrogen-bond donors (Lipinski definition) is 3. The molecule has 2 saturated heterocycles. The molecule has 1 aromatic rings. The van der Waals surface area contributed by atoms with Gasteiger partial charge in [-0.1, -0.05) is 19.1 Å². The predicted molar refractivity (Wildman–Crippen MR) is 104 cm³/mol. The summed E-state index contributed by atoms with van der Waals surface area (Å²) in [5, 5.41) is 9.51. The molecule has 3 aliphatic rings. The Morgan fingerprint density at radius 3 is 2.71 bits per heavy atom. The molecule has 0 saturated carbocycles. The number of nitrogens with one attached hydrogen (secondary N) is 3. The topological polar surface area (TPSA) is 90.5 Å². The molecule has 0 aliphatic carbocycles. The molecule has 3 heterocycles. The highest BCUT2D eigenvalue weighted by molar-refractivity contribution is 6.05. The first kappa shape index (κ1) is 19.1. The lowest BCUT2D eigenvalue weighted by Gasteiger charge is -2.38. The van der Waals surface area contributed by atoms with Crippen LogP contribution < -0.4 is 16.0 Å². The van der Waals surface area contributed by atoms with Crippen molar-refractivity contribution in [3.05, 3.63) is 34.9 Å². The van der Waals surface area contributed by atoms with Gasteiger partial charge in [0.15, 0.2) is 0 Å². The predicted octanol–water partition coefficient (Wildman–Crippen LogP) is 1.07. The van der Waals surface area contributed by atoms with Gasteiger partial charge in [-0.05, 0) is 56.0 Å². The molecule has 150 valence electrons. The van der Waals surface area contributed by atoms with Crippen molar-refractivity contribution >= 4 is 17.7 Å². The maximum absolute atomic E-state index is 12.8. The van der Waals surface area contributed by atoms with E-state index in [-0.39, 0.29) is 29.7 Å². The Hall–Kier alpha value is -2.25. The molecule has 0 radical (unpaired) electrons. The summed E-state index contributed by atoms with van der Waals surface area (Å²) in [6.07, 6.45) is 4.01. The fourth-order valence-electron chi connectivity index (χ4n) is 4.59. The summed E-state index contributed by atoms with van der Waals surface area (Å²) >= 11 is 0. The van der Waals surface area contributed by atoms with E-state index in [2.05, 4.69) is 28.9 Å². The molecule has 2 fully saturated rings. The second-order valence-electron chi connectivity index (χ2n) is 8.13. The second kappa shape index (κ2) is 7.64. The van der Waals surface area contributed by atoms with E-state index < -0.39 is 6.04 Å². The van der Waals surface area contributed by atoms with Crippen LogP contribution in [-0.2, 0) is 22.7 Å². The van der Waals surface area contributed by atoms with E-state index in [9.17, 15) is 14.4 Å². The summed E-state index contributed by atoms with van der Waals surface area (Å²) in [6.45, 7) is 5.52. The monoisotopic (exact) mass is 384 g/mol. The fourth-order valence-corrected chi connectivity index (χ4v) is 4.59. The molecule has 4 rings (SSSR count). The summed E-state index contributed by atoms with van der Waals surface area (Å²) in [5.74, 6) is -0.746. The number of benzene rings is 1. The maximum atomic E-state index is 12.8. The van der Waals surface area contributed by atoms with Crippen LogP contribution in [0.2, 0.25) is 0 Å². The molecule has 0 aromatic heterocycles. The summed E-state index contributed by atoms with van der Waals surface area (Å²) in [7, 11) is 0. The van der Waals surface area contributed by atoms with Crippen LogP contribution in [0.25, 0.3) is 0 Å². The lowest BCUT2D eigenvalue weighted by Crippen LogP contribution is -2.52. The van der Waals surface area contributed by atoms with Crippen LogP contribution in [0.5, 0.6) is 0 Å². The minimum atomic E-state index is -0.558. The SMILES string of the molecule is CCC1(NCc2ccc3c(c2)CN(C2CCC(=O)NC2=O)C3=O)CCNCC1. The number of carbonyl (C=O) groups excluding carboxylic acids is 3. The summed E-state index contributed by atoms with van der Waals surface area (Å²) in [5.41, 5.74) is 2.96. The summed E-state index contributed by atoms with van der Waals surface area (Å²) < 4.78 is 0. The highest BCUT2D eigenvalue weighted by atomic mass is 16.2. The number of hydrogen-bond acceptors (Lipinski definition) is 5. The Morgan fingerprint density at radius 1 is 1.21 bits per heavy atom.